The zero-order valence-corrected chi connectivity index (χ0v) is 21.1. The van der Waals surface area contributed by atoms with E-state index < -0.39 is 5.97 Å². The predicted octanol–water partition coefficient (Wildman–Crippen LogP) is 6.53. The van der Waals surface area contributed by atoms with E-state index in [0.29, 0.717) is 15.5 Å². The number of rotatable bonds is 4. The lowest BCUT2D eigenvalue weighted by Gasteiger charge is -2.23. The van der Waals surface area contributed by atoms with Crippen LogP contribution in [0.2, 0.25) is 5.02 Å². The van der Waals surface area contributed by atoms with Crippen LogP contribution in [0.15, 0.2) is 35.3 Å². The smallest absolute Gasteiger partial charge is 0.348 e. The first kappa shape index (κ1) is 24.6. The normalized spacial score (nSPS) is 16.5. The average molecular weight is 499 g/mol. The van der Waals surface area contributed by atoms with Crippen molar-refractivity contribution in [2.24, 2.45) is 4.99 Å². The van der Waals surface area contributed by atoms with Crippen LogP contribution in [0.1, 0.15) is 53.8 Å². The van der Waals surface area contributed by atoms with Crippen molar-refractivity contribution in [2.75, 3.05) is 26.2 Å². The monoisotopic (exact) mass is 498 g/mol. The molecule has 0 atom stereocenters. The highest BCUT2D eigenvalue weighted by Gasteiger charge is 2.21. The summed E-state index contributed by atoms with van der Waals surface area (Å²) in [4.78, 5) is 24.2. The molecule has 2 N–H and O–H groups in total. The summed E-state index contributed by atoms with van der Waals surface area (Å²) in [6, 6.07) is 9.45. The van der Waals surface area contributed by atoms with Crippen molar-refractivity contribution in [2.45, 2.75) is 45.4 Å². The van der Waals surface area contributed by atoms with Crippen LogP contribution in [-0.4, -0.2) is 53.5 Å². The molecule has 3 aromatic rings. The van der Waals surface area contributed by atoms with Gasteiger partial charge in [-0.05, 0) is 75.9 Å². The summed E-state index contributed by atoms with van der Waals surface area (Å²) in [5.41, 5.74) is 3.21. The third-order valence-electron chi connectivity index (χ3n) is 6.12. The molecule has 2 aliphatic rings. The summed E-state index contributed by atoms with van der Waals surface area (Å²) >= 11 is 7.16. The lowest BCUT2D eigenvalue weighted by molar-refractivity contribution is 0.0703. The van der Waals surface area contributed by atoms with E-state index in [1.54, 1.807) is 6.34 Å². The van der Waals surface area contributed by atoms with E-state index >= 15 is 0 Å². The number of carboxylic acid groups (broad SMARTS) is 1. The number of nitrogens with one attached hydrogen (secondary N) is 1. The fourth-order valence-corrected chi connectivity index (χ4v) is 5.44. The highest BCUT2D eigenvalue weighted by atomic mass is 35.5. The highest BCUT2D eigenvalue weighted by molar-refractivity contribution is 7.21. The maximum Gasteiger partial charge on any atom is 0.348 e. The number of benzene rings is 1. The van der Waals surface area contributed by atoms with Crippen LogP contribution >= 0.6 is 22.9 Å². The second kappa shape index (κ2) is 11.8. The van der Waals surface area contributed by atoms with Crippen LogP contribution in [0, 0.1) is 6.92 Å². The minimum absolute atomic E-state index is 0.229. The van der Waals surface area contributed by atoms with Crippen molar-refractivity contribution < 1.29 is 9.90 Å². The number of hydrogen-bond acceptors (Lipinski definition) is 5. The molecule has 6 nitrogen and oxygen atoms in total. The van der Waals surface area contributed by atoms with E-state index in [2.05, 4.69) is 15.2 Å². The number of thiophene rings is 1. The van der Waals surface area contributed by atoms with Crippen molar-refractivity contribution >= 4 is 51.1 Å². The van der Waals surface area contributed by atoms with Gasteiger partial charge in [0.1, 0.15) is 9.71 Å². The van der Waals surface area contributed by atoms with Crippen molar-refractivity contribution in [3.05, 3.63) is 45.8 Å². The number of aromatic nitrogens is 1. The first-order valence-electron chi connectivity index (χ1n) is 12.0. The van der Waals surface area contributed by atoms with Gasteiger partial charge in [-0.3, -0.25) is 0 Å². The molecule has 0 bridgehead atoms. The number of aryl methyl sites for hydroxylation is 1. The number of aromatic carboxylic acids is 1. The van der Waals surface area contributed by atoms with Crippen LogP contribution in [0.4, 0.5) is 5.69 Å². The summed E-state index contributed by atoms with van der Waals surface area (Å²) in [6.07, 6.45) is 9.54. The standard InChI is InChI=1S/C21H20ClN3O2S.C5H11N/c1-13-11-16(14-5-7-15(22)8-6-14)24-20-17(13)18(19(28-20)21(26)27)23-12-25-9-3-2-4-10-25;1-2-4-6-5-3-1/h5-8,11-12H,2-4,9-10H2,1H3,(H,26,27);6H,1-5H2. The summed E-state index contributed by atoms with van der Waals surface area (Å²) in [6.45, 7) is 6.40. The molecule has 180 valence electrons. The van der Waals surface area contributed by atoms with Crippen molar-refractivity contribution in [3.63, 3.8) is 0 Å². The Morgan fingerprint density at radius 2 is 1.79 bits per heavy atom. The number of nitrogens with zero attached hydrogens (tertiary/aromatic N) is 3. The summed E-state index contributed by atoms with van der Waals surface area (Å²) in [5.74, 6) is -0.971. The van der Waals surface area contributed by atoms with E-state index in [4.69, 9.17) is 16.6 Å². The number of fused-ring (bicyclic) bond motifs is 1. The van der Waals surface area contributed by atoms with Crippen LogP contribution in [-0.2, 0) is 0 Å². The lowest BCUT2D eigenvalue weighted by Crippen LogP contribution is -2.28. The third-order valence-corrected chi connectivity index (χ3v) is 7.43. The number of pyridine rings is 1. The molecule has 0 amide bonds. The van der Waals surface area contributed by atoms with Crippen LogP contribution in [0.25, 0.3) is 21.5 Å². The molecule has 0 aliphatic carbocycles. The molecule has 2 aliphatic heterocycles. The van der Waals surface area contributed by atoms with Gasteiger partial charge in [0.25, 0.3) is 0 Å². The van der Waals surface area contributed by atoms with Gasteiger partial charge in [-0.25, -0.2) is 14.8 Å². The number of piperidine rings is 2. The summed E-state index contributed by atoms with van der Waals surface area (Å²) in [5, 5.41) is 14.5. The molecule has 4 heterocycles. The average Bonchev–Trinajstić information content (AvgIpc) is 3.25. The molecule has 0 unspecified atom stereocenters. The van der Waals surface area contributed by atoms with E-state index in [1.807, 2.05) is 37.3 Å². The minimum Gasteiger partial charge on any atom is -0.477 e. The highest BCUT2D eigenvalue weighted by Crippen LogP contribution is 2.40. The Kier molecular flexibility index (Phi) is 8.53. The molecule has 0 radical (unpaired) electrons. The molecular weight excluding hydrogens is 468 g/mol. The van der Waals surface area contributed by atoms with Crippen LogP contribution in [0.3, 0.4) is 0 Å². The number of carbonyl (C=O) groups is 1. The van der Waals surface area contributed by atoms with Gasteiger partial charge >= 0.3 is 5.97 Å². The quantitative estimate of drug-likeness (QED) is 0.316. The van der Waals surface area contributed by atoms with Crippen molar-refractivity contribution in [1.82, 2.24) is 15.2 Å². The molecule has 2 aromatic heterocycles. The van der Waals surface area contributed by atoms with Gasteiger partial charge in [0.05, 0.1) is 17.7 Å². The Bertz CT molecular complexity index is 1140. The number of carboxylic acids is 1. The van der Waals surface area contributed by atoms with E-state index in [9.17, 15) is 9.90 Å². The fraction of sp³-hybridized carbons (Fsp3) is 0.423. The Labute approximate surface area is 209 Å². The molecule has 0 spiro atoms. The second-order valence-electron chi connectivity index (χ2n) is 8.75. The number of hydrogen-bond donors (Lipinski definition) is 2. The van der Waals surface area contributed by atoms with Gasteiger partial charge in [-0.1, -0.05) is 30.2 Å². The third kappa shape index (κ3) is 6.14. The predicted molar refractivity (Wildman–Crippen MR) is 142 cm³/mol. The Balaban J connectivity index is 0.000000398. The molecule has 2 fully saturated rings. The molecular formula is C26H31ClN4O2S. The van der Waals surface area contributed by atoms with Gasteiger partial charge in [0.2, 0.25) is 0 Å². The van der Waals surface area contributed by atoms with Gasteiger partial charge in [-0.15, -0.1) is 11.3 Å². The molecule has 0 saturated carbocycles. The first-order valence-corrected chi connectivity index (χ1v) is 13.1. The van der Waals surface area contributed by atoms with Crippen molar-refractivity contribution in [1.29, 1.82) is 0 Å². The van der Waals surface area contributed by atoms with Gasteiger partial charge in [-0.2, -0.15) is 0 Å². The Morgan fingerprint density at radius 1 is 1.12 bits per heavy atom. The maximum atomic E-state index is 11.8. The number of aliphatic imine (C=N–C) groups is 1. The Hall–Kier alpha value is -2.48. The van der Waals surface area contributed by atoms with Gasteiger partial charge < -0.3 is 15.3 Å². The Morgan fingerprint density at radius 3 is 2.38 bits per heavy atom. The maximum absolute atomic E-state index is 11.8. The van der Waals surface area contributed by atoms with Crippen LogP contribution < -0.4 is 5.32 Å². The van der Waals surface area contributed by atoms with Gasteiger partial charge in [0.15, 0.2) is 0 Å². The lowest BCUT2D eigenvalue weighted by atomic mass is 10.1. The minimum atomic E-state index is -0.971. The largest absolute Gasteiger partial charge is 0.477 e. The summed E-state index contributed by atoms with van der Waals surface area (Å²) < 4.78 is 0. The number of halogens is 1. The fourth-order valence-electron chi connectivity index (χ4n) is 4.28. The SMILES string of the molecule is C1CCNCC1.Cc1cc(-c2ccc(Cl)cc2)nc2sc(C(=O)O)c(N=CN3CCCCC3)c12. The molecule has 1 aromatic carbocycles. The molecule has 34 heavy (non-hydrogen) atoms. The van der Waals surface area contributed by atoms with Gasteiger partial charge in [0, 0.05) is 29.1 Å². The summed E-state index contributed by atoms with van der Waals surface area (Å²) in [7, 11) is 0. The van der Waals surface area contributed by atoms with Crippen molar-refractivity contribution in [3.8, 4) is 11.3 Å². The first-order chi connectivity index (χ1) is 16.5. The zero-order valence-electron chi connectivity index (χ0n) is 19.5. The van der Waals surface area contributed by atoms with E-state index in [-0.39, 0.29) is 4.88 Å². The van der Waals surface area contributed by atoms with Crippen LogP contribution in [0.5, 0.6) is 0 Å². The number of likely N-dealkylation sites (tertiary alicyclic amines) is 1. The van der Waals surface area contributed by atoms with E-state index in [1.165, 1.54) is 50.1 Å². The molecule has 5 rings (SSSR count). The zero-order chi connectivity index (χ0) is 23.9. The van der Waals surface area contributed by atoms with E-state index in [0.717, 1.165) is 48.1 Å². The topological polar surface area (TPSA) is 77.8 Å². The molecule has 2 saturated heterocycles. The second-order valence-corrected chi connectivity index (χ2v) is 10.2. The molecule has 8 heteroatoms.